The molecule has 8 heteroatoms. The summed E-state index contributed by atoms with van der Waals surface area (Å²) in [6.45, 7) is 7.20. The number of benzene rings is 1. The first-order valence-corrected chi connectivity index (χ1v) is 9.17. The zero-order chi connectivity index (χ0) is 21.2. The Labute approximate surface area is 165 Å². The van der Waals surface area contributed by atoms with Crippen molar-refractivity contribution < 1.29 is 23.9 Å². The zero-order valence-corrected chi connectivity index (χ0v) is 16.9. The van der Waals surface area contributed by atoms with Crippen molar-refractivity contribution in [3.63, 3.8) is 0 Å². The van der Waals surface area contributed by atoms with Crippen LogP contribution >= 0.6 is 0 Å². The summed E-state index contributed by atoms with van der Waals surface area (Å²) in [6, 6.07) is 7.09. The first kappa shape index (κ1) is 23.1. The SMILES string of the molecule is CC(=O)CCC(=O)Nc1cccc(CNC(=O)CCNC(=O)OC(C)(C)C)c1. The van der Waals surface area contributed by atoms with Crippen LogP contribution in [0.3, 0.4) is 0 Å². The predicted molar refractivity (Wildman–Crippen MR) is 106 cm³/mol. The molecule has 0 heterocycles. The number of carbonyl (C=O) groups is 4. The molecule has 154 valence electrons. The molecule has 8 nitrogen and oxygen atoms in total. The molecule has 0 saturated heterocycles. The van der Waals surface area contributed by atoms with Gasteiger partial charge in [0.25, 0.3) is 0 Å². The Hall–Kier alpha value is -2.90. The number of carbonyl (C=O) groups excluding carboxylic acids is 4. The van der Waals surface area contributed by atoms with Gasteiger partial charge in [0.2, 0.25) is 11.8 Å². The molecule has 3 N–H and O–H groups in total. The number of alkyl carbamates (subject to hydrolysis) is 1. The lowest BCUT2D eigenvalue weighted by molar-refractivity contribution is -0.121. The molecular formula is C20H29N3O5. The molecule has 0 aliphatic heterocycles. The lowest BCUT2D eigenvalue weighted by Crippen LogP contribution is -2.35. The normalized spacial score (nSPS) is 10.7. The predicted octanol–water partition coefficient (Wildman–Crippen LogP) is 2.53. The van der Waals surface area contributed by atoms with Crippen molar-refractivity contribution in [2.24, 2.45) is 0 Å². The van der Waals surface area contributed by atoms with Gasteiger partial charge in [0.05, 0.1) is 0 Å². The molecule has 0 spiro atoms. The van der Waals surface area contributed by atoms with Crippen molar-refractivity contribution in [2.75, 3.05) is 11.9 Å². The maximum absolute atomic E-state index is 11.9. The molecule has 0 aromatic heterocycles. The van der Waals surface area contributed by atoms with Gasteiger partial charge >= 0.3 is 6.09 Å². The number of hydrogen-bond acceptors (Lipinski definition) is 5. The third-order valence-corrected chi connectivity index (χ3v) is 3.42. The maximum atomic E-state index is 11.9. The number of anilines is 1. The minimum Gasteiger partial charge on any atom is -0.444 e. The van der Waals surface area contributed by atoms with Gasteiger partial charge in [0, 0.05) is 38.0 Å². The molecule has 28 heavy (non-hydrogen) atoms. The minimum absolute atomic E-state index is 0.0345. The largest absolute Gasteiger partial charge is 0.444 e. The third-order valence-electron chi connectivity index (χ3n) is 3.42. The molecule has 3 amide bonds. The highest BCUT2D eigenvalue weighted by atomic mass is 16.6. The molecule has 1 rings (SSSR count). The van der Waals surface area contributed by atoms with Crippen LogP contribution < -0.4 is 16.0 Å². The van der Waals surface area contributed by atoms with Crippen LogP contribution in [0.4, 0.5) is 10.5 Å². The van der Waals surface area contributed by atoms with Gasteiger partial charge in [-0.25, -0.2) is 4.79 Å². The van der Waals surface area contributed by atoms with Crippen molar-refractivity contribution in [3.8, 4) is 0 Å². The van der Waals surface area contributed by atoms with E-state index in [2.05, 4.69) is 16.0 Å². The first-order valence-electron chi connectivity index (χ1n) is 9.17. The van der Waals surface area contributed by atoms with Crippen LogP contribution in [0, 0.1) is 0 Å². The van der Waals surface area contributed by atoms with Crippen molar-refractivity contribution in [3.05, 3.63) is 29.8 Å². The summed E-state index contributed by atoms with van der Waals surface area (Å²) in [7, 11) is 0. The number of Topliss-reactive ketones (excluding diaryl/α,β-unsaturated/α-hetero) is 1. The van der Waals surface area contributed by atoms with Crippen LogP contribution in [0.15, 0.2) is 24.3 Å². The number of ether oxygens (including phenoxy) is 1. The summed E-state index contributed by atoms with van der Waals surface area (Å²) in [4.78, 5) is 46.1. The van der Waals surface area contributed by atoms with Gasteiger partial charge in [-0.15, -0.1) is 0 Å². The second-order valence-corrected chi connectivity index (χ2v) is 7.41. The van der Waals surface area contributed by atoms with Gasteiger partial charge in [-0.3, -0.25) is 9.59 Å². The van der Waals surface area contributed by atoms with Crippen LogP contribution in [-0.2, 0) is 25.7 Å². The Morgan fingerprint density at radius 2 is 1.68 bits per heavy atom. The summed E-state index contributed by atoms with van der Waals surface area (Å²) in [6.07, 6.45) is -0.0888. The summed E-state index contributed by atoms with van der Waals surface area (Å²) >= 11 is 0. The number of nitrogens with one attached hydrogen (secondary N) is 3. The number of ketones is 1. The molecule has 0 fully saturated rings. The average Bonchev–Trinajstić information content (AvgIpc) is 2.57. The van der Waals surface area contributed by atoms with E-state index in [1.807, 2.05) is 6.07 Å². The Morgan fingerprint density at radius 1 is 0.964 bits per heavy atom. The fraction of sp³-hybridized carbons (Fsp3) is 0.500. The highest BCUT2D eigenvalue weighted by molar-refractivity contribution is 5.93. The van der Waals surface area contributed by atoms with E-state index < -0.39 is 11.7 Å². The number of hydrogen-bond donors (Lipinski definition) is 3. The monoisotopic (exact) mass is 391 g/mol. The van der Waals surface area contributed by atoms with Crippen molar-refractivity contribution >= 4 is 29.4 Å². The van der Waals surface area contributed by atoms with Crippen LogP contribution in [0.2, 0.25) is 0 Å². The van der Waals surface area contributed by atoms with Crippen molar-refractivity contribution in [2.45, 2.75) is 59.1 Å². The summed E-state index contributed by atoms with van der Waals surface area (Å²) < 4.78 is 5.09. The van der Waals surface area contributed by atoms with Crippen LogP contribution in [0.25, 0.3) is 0 Å². The van der Waals surface area contributed by atoms with Gasteiger partial charge in [-0.2, -0.15) is 0 Å². The molecule has 1 aromatic carbocycles. The van der Waals surface area contributed by atoms with Gasteiger partial charge in [0.1, 0.15) is 11.4 Å². The van der Waals surface area contributed by atoms with Crippen molar-refractivity contribution in [1.29, 1.82) is 0 Å². The van der Waals surface area contributed by atoms with Crippen LogP contribution in [0.5, 0.6) is 0 Å². The maximum Gasteiger partial charge on any atom is 0.407 e. The van der Waals surface area contributed by atoms with E-state index in [9.17, 15) is 19.2 Å². The van der Waals surface area contributed by atoms with Gasteiger partial charge in [0.15, 0.2) is 0 Å². The second kappa shape index (κ2) is 11.1. The lowest BCUT2D eigenvalue weighted by Gasteiger charge is -2.19. The number of amides is 3. The van der Waals surface area contributed by atoms with Crippen LogP contribution in [0.1, 0.15) is 52.5 Å². The highest BCUT2D eigenvalue weighted by Gasteiger charge is 2.15. The third kappa shape index (κ3) is 10.9. The van der Waals surface area contributed by atoms with E-state index in [0.29, 0.717) is 12.2 Å². The molecule has 0 unspecified atom stereocenters. The summed E-state index contributed by atoms with van der Waals surface area (Å²) in [5.74, 6) is -0.482. The number of rotatable bonds is 9. The standard InChI is InChI=1S/C20H29N3O5/c1-14(24)8-9-18(26)23-16-7-5-6-15(12-16)13-22-17(25)10-11-21-19(27)28-20(2,3)4/h5-7,12H,8-11,13H2,1-4H3,(H,21,27)(H,22,25)(H,23,26). The molecule has 0 bridgehead atoms. The van der Waals surface area contributed by atoms with E-state index in [0.717, 1.165) is 5.56 Å². The Morgan fingerprint density at radius 3 is 2.32 bits per heavy atom. The quantitative estimate of drug-likeness (QED) is 0.599. The summed E-state index contributed by atoms with van der Waals surface area (Å²) in [5, 5.41) is 8.00. The van der Waals surface area contributed by atoms with E-state index in [4.69, 9.17) is 4.74 Å². The van der Waals surface area contributed by atoms with E-state index in [1.165, 1.54) is 6.92 Å². The zero-order valence-electron chi connectivity index (χ0n) is 16.9. The topological polar surface area (TPSA) is 114 Å². The Bertz CT molecular complexity index is 710. The van der Waals surface area contributed by atoms with Gasteiger partial charge in [-0.1, -0.05) is 12.1 Å². The average molecular weight is 391 g/mol. The Balaban J connectivity index is 2.36. The summed E-state index contributed by atoms with van der Waals surface area (Å²) in [5.41, 5.74) is 0.837. The Kier molecular flexibility index (Phi) is 9.14. The van der Waals surface area contributed by atoms with Crippen LogP contribution in [-0.4, -0.2) is 35.8 Å². The van der Waals surface area contributed by atoms with Gasteiger partial charge < -0.3 is 25.5 Å². The molecule has 1 aromatic rings. The van der Waals surface area contributed by atoms with Crippen molar-refractivity contribution in [1.82, 2.24) is 10.6 Å². The minimum atomic E-state index is -0.584. The van der Waals surface area contributed by atoms with E-state index in [-0.39, 0.29) is 43.4 Å². The molecular weight excluding hydrogens is 362 g/mol. The molecule has 0 aliphatic rings. The first-order chi connectivity index (χ1) is 13.0. The highest BCUT2D eigenvalue weighted by Crippen LogP contribution is 2.11. The van der Waals surface area contributed by atoms with E-state index in [1.54, 1.807) is 39.0 Å². The molecule has 0 saturated carbocycles. The van der Waals surface area contributed by atoms with E-state index >= 15 is 0 Å². The molecule has 0 radical (unpaired) electrons. The van der Waals surface area contributed by atoms with Gasteiger partial charge in [-0.05, 0) is 45.4 Å². The molecule has 0 aliphatic carbocycles. The fourth-order valence-corrected chi connectivity index (χ4v) is 2.15. The fourth-order valence-electron chi connectivity index (χ4n) is 2.15. The smallest absolute Gasteiger partial charge is 0.407 e. The molecule has 0 atom stereocenters. The lowest BCUT2D eigenvalue weighted by atomic mass is 10.2. The second-order valence-electron chi connectivity index (χ2n) is 7.41.